The zero-order valence-electron chi connectivity index (χ0n) is 14.8. The van der Waals surface area contributed by atoms with Crippen LogP contribution >= 0.6 is 0 Å². The van der Waals surface area contributed by atoms with E-state index in [0.29, 0.717) is 12.1 Å². The normalized spacial score (nSPS) is 11.6. The Hall–Kier alpha value is -2.58. The Balaban J connectivity index is 2.36. The van der Waals surface area contributed by atoms with E-state index < -0.39 is 23.6 Å². The Morgan fingerprint density at radius 1 is 1.27 bits per heavy atom. The number of ether oxygens (including phenoxy) is 1. The van der Waals surface area contributed by atoms with Gasteiger partial charge in [-0.1, -0.05) is 6.92 Å². The molecule has 142 valence electrons. The Bertz CT molecular complexity index is 815. The van der Waals surface area contributed by atoms with Crippen LogP contribution in [0, 0.1) is 0 Å². The fourth-order valence-corrected chi connectivity index (χ4v) is 2.51. The van der Waals surface area contributed by atoms with Gasteiger partial charge in [0, 0.05) is 19.8 Å². The highest BCUT2D eigenvalue weighted by atomic mass is 19.4. The minimum atomic E-state index is -4.53. The van der Waals surface area contributed by atoms with Gasteiger partial charge in [0.15, 0.2) is 0 Å². The van der Waals surface area contributed by atoms with E-state index in [1.54, 1.807) is 13.8 Å². The van der Waals surface area contributed by atoms with Gasteiger partial charge in [-0.25, -0.2) is 4.98 Å². The third-order valence-corrected chi connectivity index (χ3v) is 3.86. The lowest BCUT2D eigenvalue weighted by Crippen LogP contribution is -2.31. The summed E-state index contributed by atoms with van der Waals surface area (Å²) >= 11 is 0. The highest BCUT2D eigenvalue weighted by Gasteiger charge is 2.32. The minimum absolute atomic E-state index is 0.00206. The van der Waals surface area contributed by atoms with E-state index in [2.05, 4.69) is 4.98 Å². The number of nitrogens with zero attached hydrogens (tertiary/aromatic N) is 3. The molecule has 2 aromatic rings. The first-order valence-corrected chi connectivity index (χ1v) is 8.18. The molecule has 0 spiro atoms. The third kappa shape index (κ3) is 4.14. The average molecular weight is 371 g/mol. The zero-order chi connectivity index (χ0) is 19.5. The number of esters is 1. The van der Waals surface area contributed by atoms with Gasteiger partial charge in [0.25, 0.3) is 5.91 Å². The fraction of sp³-hybridized carbons (Fsp3) is 0.471. The van der Waals surface area contributed by atoms with Gasteiger partial charge >= 0.3 is 12.1 Å². The SMILES string of the molecule is CCOC(=O)CCN(C)C(=O)c1c(CC)nc2ccc(C(F)(F)F)cn12. The van der Waals surface area contributed by atoms with Crippen molar-refractivity contribution in [1.82, 2.24) is 14.3 Å². The molecule has 0 bridgehead atoms. The van der Waals surface area contributed by atoms with Crippen molar-refractivity contribution in [2.24, 2.45) is 0 Å². The van der Waals surface area contributed by atoms with Crippen molar-refractivity contribution in [3.05, 3.63) is 35.3 Å². The molecule has 0 aliphatic heterocycles. The van der Waals surface area contributed by atoms with Crippen molar-refractivity contribution in [3.8, 4) is 0 Å². The standard InChI is InChI=1S/C17H20F3N3O3/c1-4-12-15(16(25)22(3)9-8-14(24)26-5-2)23-10-11(17(18,19)20)6-7-13(23)21-12/h6-7,10H,4-5,8-9H2,1-3H3. The summed E-state index contributed by atoms with van der Waals surface area (Å²) in [6, 6.07) is 2.16. The molecule has 0 saturated carbocycles. The van der Waals surface area contributed by atoms with Gasteiger partial charge in [-0.15, -0.1) is 0 Å². The quantitative estimate of drug-likeness (QED) is 0.733. The number of halogens is 3. The molecular formula is C17H20F3N3O3. The summed E-state index contributed by atoms with van der Waals surface area (Å²) in [5, 5.41) is 0. The van der Waals surface area contributed by atoms with Crippen molar-refractivity contribution in [2.75, 3.05) is 20.2 Å². The van der Waals surface area contributed by atoms with Gasteiger partial charge in [0.1, 0.15) is 11.3 Å². The van der Waals surface area contributed by atoms with E-state index in [9.17, 15) is 22.8 Å². The van der Waals surface area contributed by atoms with E-state index in [-0.39, 0.29) is 30.9 Å². The van der Waals surface area contributed by atoms with Crippen LogP contribution < -0.4 is 0 Å². The van der Waals surface area contributed by atoms with Crippen LogP contribution in [0.3, 0.4) is 0 Å². The number of pyridine rings is 1. The first-order valence-electron chi connectivity index (χ1n) is 8.18. The molecule has 0 aromatic carbocycles. The van der Waals surface area contributed by atoms with E-state index in [0.717, 1.165) is 16.7 Å². The molecule has 0 fully saturated rings. The molecule has 2 aromatic heterocycles. The Morgan fingerprint density at radius 3 is 2.54 bits per heavy atom. The molecule has 2 heterocycles. The number of aryl methyl sites for hydroxylation is 1. The van der Waals surface area contributed by atoms with Gasteiger partial charge in [-0.3, -0.25) is 14.0 Å². The molecule has 0 aliphatic rings. The highest BCUT2D eigenvalue weighted by molar-refractivity contribution is 5.94. The van der Waals surface area contributed by atoms with Crippen LogP contribution in [-0.4, -0.2) is 46.4 Å². The Labute approximate surface area is 148 Å². The molecule has 0 saturated heterocycles. The molecule has 2 rings (SSSR count). The molecule has 9 heteroatoms. The number of amides is 1. The number of imidazole rings is 1. The number of hydrogen-bond donors (Lipinski definition) is 0. The van der Waals surface area contributed by atoms with Crippen molar-refractivity contribution >= 4 is 17.5 Å². The van der Waals surface area contributed by atoms with Crippen LogP contribution in [0.1, 0.15) is 42.0 Å². The second kappa shape index (κ2) is 7.76. The number of fused-ring (bicyclic) bond motifs is 1. The number of rotatable bonds is 6. The molecule has 0 atom stereocenters. The smallest absolute Gasteiger partial charge is 0.417 e. The van der Waals surface area contributed by atoms with Crippen LogP contribution in [0.25, 0.3) is 5.65 Å². The predicted octanol–water partition coefficient (Wildman–Crippen LogP) is 2.94. The summed E-state index contributed by atoms with van der Waals surface area (Å²) < 4.78 is 45.0. The van der Waals surface area contributed by atoms with Crippen LogP contribution in [0.5, 0.6) is 0 Å². The number of carbonyl (C=O) groups is 2. The van der Waals surface area contributed by atoms with Gasteiger partial charge in [-0.2, -0.15) is 13.2 Å². The molecule has 26 heavy (non-hydrogen) atoms. The van der Waals surface area contributed by atoms with Crippen LogP contribution in [-0.2, 0) is 22.1 Å². The average Bonchev–Trinajstić information content (AvgIpc) is 2.96. The first-order chi connectivity index (χ1) is 12.2. The Morgan fingerprint density at radius 2 is 1.96 bits per heavy atom. The summed E-state index contributed by atoms with van der Waals surface area (Å²) in [5.74, 6) is -0.946. The lowest BCUT2D eigenvalue weighted by atomic mass is 10.2. The molecule has 0 aliphatic carbocycles. The lowest BCUT2D eigenvalue weighted by Gasteiger charge is -2.17. The summed E-state index contributed by atoms with van der Waals surface area (Å²) in [7, 11) is 1.48. The van der Waals surface area contributed by atoms with E-state index in [4.69, 9.17) is 4.74 Å². The third-order valence-electron chi connectivity index (χ3n) is 3.86. The minimum Gasteiger partial charge on any atom is -0.466 e. The lowest BCUT2D eigenvalue weighted by molar-refractivity contribution is -0.143. The van der Waals surface area contributed by atoms with Crippen molar-refractivity contribution < 1.29 is 27.5 Å². The largest absolute Gasteiger partial charge is 0.466 e. The zero-order valence-corrected chi connectivity index (χ0v) is 14.8. The molecule has 0 unspecified atom stereocenters. The highest BCUT2D eigenvalue weighted by Crippen LogP contribution is 2.30. The topological polar surface area (TPSA) is 63.9 Å². The summed E-state index contributed by atoms with van der Waals surface area (Å²) in [6.07, 6.45) is -3.27. The van der Waals surface area contributed by atoms with Crippen LogP contribution in [0.15, 0.2) is 18.3 Å². The predicted molar refractivity (Wildman–Crippen MR) is 87.8 cm³/mol. The van der Waals surface area contributed by atoms with E-state index in [1.807, 2.05) is 0 Å². The van der Waals surface area contributed by atoms with Crippen molar-refractivity contribution in [2.45, 2.75) is 32.9 Å². The molecule has 6 nitrogen and oxygen atoms in total. The second-order valence-corrected chi connectivity index (χ2v) is 5.69. The summed E-state index contributed by atoms with van der Waals surface area (Å²) in [4.78, 5) is 29.7. The van der Waals surface area contributed by atoms with Crippen LogP contribution in [0.4, 0.5) is 13.2 Å². The van der Waals surface area contributed by atoms with E-state index in [1.165, 1.54) is 18.0 Å². The van der Waals surface area contributed by atoms with Gasteiger partial charge in [0.05, 0.1) is 24.3 Å². The number of aromatic nitrogens is 2. The second-order valence-electron chi connectivity index (χ2n) is 5.69. The summed E-state index contributed by atoms with van der Waals surface area (Å²) in [6.45, 7) is 3.77. The number of hydrogen-bond acceptors (Lipinski definition) is 4. The molecule has 0 N–H and O–H groups in total. The van der Waals surface area contributed by atoms with E-state index >= 15 is 0 Å². The fourth-order valence-electron chi connectivity index (χ4n) is 2.51. The molecule has 1 amide bonds. The first kappa shape index (κ1) is 19.7. The maximum absolute atomic E-state index is 13.0. The number of alkyl halides is 3. The van der Waals surface area contributed by atoms with Crippen molar-refractivity contribution in [3.63, 3.8) is 0 Å². The van der Waals surface area contributed by atoms with Crippen molar-refractivity contribution in [1.29, 1.82) is 0 Å². The van der Waals surface area contributed by atoms with Crippen LogP contribution in [0.2, 0.25) is 0 Å². The molecule has 0 radical (unpaired) electrons. The molecular weight excluding hydrogens is 351 g/mol. The maximum Gasteiger partial charge on any atom is 0.417 e. The van der Waals surface area contributed by atoms with Gasteiger partial charge in [-0.05, 0) is 25.5 Å². The summed E-state index contributed by atoms with van der Waals surface area (Å²) in [5.41, 5.74) is -0.137. The monoisotopic (exact) mass is 371 g/mol. The maximum atomic E-state index is 13.0. The number of carbonyl (C=O) groups excluding carboxylic acids is 2. The van der Waals surface area contributed by atoms with Gasteiger partial charge < -0.3 is 9.64 Å². The Kier molecular flexibility index (Phi) is 5.89. The van der Waals surface area contributed by atoms with Gasteiger partial charge in [0.2, 0.25) is 0 Å².